The second-order valence-electron chi connectivity index (χ2n) is 4.07. The molecule has 17 heavy (non-hydrogen) atoms. The first kappa shape index (κ1) is 12.0. The van der Waals surface area contributed by atoms with Crippen molar-refractivity contribution in [2.45, 2.75) is 32.7 Å². The summed E-state index contributed by atoms with van der Waals surface area (Å²) in [4.78, 5) is 8.50. The molecular formula is C13H17N3S. The number of nitrogens with zero attached hydrogens (tertiary/aromatic N) is 2. The summed E-state index contributed by atoms with van der Waals surface area (Å²) in [7, 11) is 0. The van der Waals surface area contributed by atoms with Crippen molar-refractivity contribution in [3.05, 3.63) is 40.5 Å². The maximum absolute atomic E-state index is 4.25. The number of aryl methyl sites for hydroxylation is 1. The van der Waals surface area contributed by atoms with E-state index in [4.69, 9.17) is 0 Å². The predicted octanol–water partition coefficient (Wildman–Crippen LogP) is 3.66. The van der Waals surface area contributed by atoms with Crippen LogP contribution >= 0.6 is 11.3 Å². The Balaban J connectivity index is 2.05. The molecule has 1 unspecified atom stereocenters. The van der Waals surface area contributed by atoms with Gasteiger partial charge in [-0.2, -0.15) is 11.3 Å². The van der Waals surface area contributed by atoms with Crippen molar-refractivity contribution >= 4 is 17.2 Å². The highest BCUT2D eigenvalue weighted by molar-refractivity contribution is 7.07. The van der Waals surface area contributed by atoms with E-state index in [0.717, 1.165) is 24.4 Å². The number of thiophene rings is 1. The van der Waals surface area contributed by atoms with E-state index >= 15 is 0 Å². The van der Waals surface area contributed by atoms with Gasteiger partial charge in [0.2, 0.25) is 0 Å². The summed E-state index contributed by atoms with van der Waals surface area (Å²) in [5.41, 5.74) is 2.40. The quantitative estimate of drug-likeness (QED) is 0.876. The molecule has 90 valence electrons. The Morgan fingerprint density at radius 1 is 1.41 bits per heavy atom. The van der Waals surface area contributed by atoms with E-state index in [-0.39, 0.29) is 6.04 Å². The number of aromatic nitrogens is 2. The summed E-state index contributed by atoms with van der Waals surface area (Å²) in [5.74, 6) is 0.905. The molecular weight excluding hydrogens is 230 g/mol. The van der Waals surface area contributed by atoms with Crippen LogP contribution in [0.15, 0.2) is 29.2 Å². The molecule has 0 aliphatic carbocycles. The summed E-state index contributed by atoms with van der Waals surface area (Å²) >= 11 is 1.72. The molecule has 2 heterocycles. The first-order valence-electron chi connectivity index (χ1n) is 5.89. The van der Waals surface area contributed by atoms with E-state index in [0.29, 0.717) is 0 Å². The Hall–Kier alpha value is -1.42. The van der Waals surface area contributed by atoms with Gasteiger partial charge in [-0.1, -0.05) is 13.3 Å². The lowest BCUT2D eigenvalue weighted by atomic mass is 10.2. The number of rotatable bonds is 5. The van der Waals surface area contributed by atoms with Gasteiger partial charge in [0.05, 0.1) is 6.04 Å². The lowest BCUT2D eigenvalue weighted by molar-refractivity contribution is 0.851. The molecule has 2 aromatic heterocycles. The van der Waals surface area contributed by atoms with Crippen LogP contribution in [-0.4, -0.2) is 9.97 Å². The Kier molecular flexibility index (Phi) is 4.09. The molecule has 2 rings (SSSR count). The van der Waals surface area contributed by atoms with Crippen LogP contribution in [-0.2, 0) is 6.42 Å². The van der Waals surface area contributed by atoms with Crippen LogP contribution in [0.1, 0.15) is 37.6 Å². The molecule has 0 fully saturated rings. The zero-order chi connectivity index (χ0) is 12.1. The summed E-state index contributed by atoms with van der Waals surface area (Å²) in [6.07, 6.45) is 3.74. The van der Waals surface area contributed by atoms with Crippen LogP contribution in [0.5, 0.6) is 0 Å². The lowest BCUT2D eigenvalue weighted by Crippen LogP contribution is -2.07. The number of hydrogen-bond donors (Lipinski definition) is 1. The van der Waals surface area contributed by atoms with Crippen LogP contribution in [0, 0.1) is 0 Å². The molecule has 0 spiro atoms. The fourth-order valence-corrected chi connectivity index (χ4v) is 2.45. The molecule has 0 amide bonds. The molecule has 0 radical (unpaired) electrons. The normalized spacial score (nSPS) is 12.4. The van der Waals surface area contributed by atoms with Gasteiger partial charge < -0.3 is 5.32 Å². The summed E-state index contributed by atoms with van der Waals surface area (Å²) in [6, 6.07) is 4.45. The molecule has 3 nitrogen and oxygen atoms in total. The van der Waals surface area contributed by atoms with Crippen LogP contribution in [0.25, 0.3) is 0 Å². The van der Waals surface area contributed by atoms with Gasteiger partial charge in [-0.3, -0.25) is 0 Å². The highest BCUT2D eigenvalue weighted by Crippen LogP contribution is 2.20. The van der Waals surface area contributed by atoms with Gasteiger partial charge in [-0.25, -0.2) is 9.97 Å². The van der Waals surface area contributed by atoms with Crippen molar-refractivity contribution in [1.82, 2.24) is 9.97 Å². The van der Waals surface area contributed by atoms with Crippen molar-refractivity contribution in [3.63, 3.8) is 0 Å². The van der Waals surface area contributed by atoms with Gasteiger partial charge in [-0.05, 0) is 35.7 Å². The Labute approximate surface area is 106 Å². The zero-order valence-electron chi connectivity index (χ0n) is 10.2. The van der Waals surface area contributed by atoms with Gasteiger partial charge >= 0.3 is 0 Å². The van der Waals surface area contributed by atoms with Crippen LogP contribution in [0.4, 0.5) is 5.82 Å². The highest BCUT2D eigenvalue weighted by atomic mass is 32.1. The predicted molar refractivity (Wildman–Crippen MR) is 72.4 cm³/mol. The Bertz CT molecular complexity index is 453. The Morgan fingerprint density at radius 2 is 2.29 bits per heavy atom. The SMILES string of the molecule is CCCc1cc(NC(C)c2ccsc2)ncn1. The second kappa shape index (κ2) is 5.77. The van der Waals surface area contributed by atoms with Crippen molar-refractivity contribution in [2.75, 3.05) is 5.32 Å². The molecule has 0 bridgehead atoms. The monoisotopic (exact) mass is 247 g/mol. The van der Waals surface area contributed by atoms with Crippen molar-refractivity contribution < 1.29 is 0 Å². The first-order valence-corrected chi connectivity index (χ1v) is 6.83. The first-order chi connectivity index (χ1) is 8.29. The van der Waals surface area contributed by atoms with E-state index in [9.17, 15) is 0 Å². The third kappa shape index (κ3) is 3.27. The van der Waals surface area contributed by atoms with Gasteiger partial charge in [0, 0.05) is 11.8 Å². The minimum atomic E-state index is 0.283. The van der Waals surface area contributed by atoms with Gasteiger partial charge in [0.1, 0.15) is 12.1 Å². The Morgan fingerprint density at radius 3 is 3.00 bits per heavy atom. The molecule has 2 aromatic rings. The molecule has 0 aliphatic rings. The van der Waals surface area contributed by atoms with Gasteiger partial charge in [0.15, 0.2) is 0 Å². The molecule has 1 atom stereocenters. The van der Waals surface area contributed by atoms with Crippen molar-refractivity contribution in [1.29, 1.82) is 0 Å². The molecule has 4 heteroatoms. The minimum Gasteiger partial charge on any atom is -0.363 e. The summed E-state index contributed by atoms with van der Waals surface area (Å²) in [6.45, 7) is 4.30. The van der Waals surface area contributed by atoms with Crippen molar-refractivity contribution in [3.8, 4) is 0 Å². The van der Waals surface area contributed by atoms with Gasteiger partial charge in [-0.15, -0.1) is 0 Å². The average molecular weight is 247 g/mol. The third-order valence-corrected chi connectivity index (χ3v) is 3.34. The second-order valence-corrected chi connectivity index (χ2v) is 4.85. The maximum atomic E-state index is 4.25. The molecule has 0 aromatic carbocycles. The zero-order valence-corrected chi connectivity index (χ0v) is 11.0. The fourth-order valence-electron chi connectivity index (χ4n) is 1.70. The smallest absolute Gasteiger partial charge is 0.130 e. The molecule has 0 saturated carbocycles. The highest BCUT2D eigenvalue weighted by Gasteiger charge is 2.06. The van der Waals surface area contributed by atoms with E-state index in [1.54, 1.807) is 17.7 Å². The van der Waals surface area contributed by atoms with Crippen LogP contribution in [0.2, 0.25) is 0 Å². The third-order valence-electron chi connectivity index (χ3n) is 2.64. The largest absolute Gasteiger partial charge is 0.363 e. The molecule has 1 N–H and O–H groups in total. The number of nitrogens with one attached hydrogen (secondary N) is 1. The minimum absolute atomic E-state index is 0.283. The maximum Gasteiger partial charge on any atom is 0.130 e. The molecule has 0 saturated heterocycles. The lowest BCUT2D eigenvalue weighted by Gasteiger charge is -2.13. The van der Waals surface area contributed by atoms with E-state index in [1.165, 1.54) is 5.56 Å². The number of anilines is 1. The summed E-state index contributed by atoms with van der Waals surface area (Å²) in [5, 5.41) is 7.65. The standard InChI is InChI=1S/C13H17N3S/c1-3-4-12-7-13(15-9-14-12)16-10(2)11-5-6-17-8-11/h5-10H,3-4H2,1-2H3,(H,14,15,16). The number of hydrogen-bond acceptors (Lipinski definition) is 4. The van der Waals surface area contributed by atoms with E-state index in [1.807, 2.05) is 6.07 Å². The van der Waals surface area contributed by atoms with Crippen LogP contribution < -0.4 is 5.32 Å². The summed E-state index contributed by atoms with van der Waals surface area (Å²) < 4.78 is 0. The van der Waals surface area contributed by atoms with E-state index < -0.39 is 0 Å². The molecule has 0 aliphatic heterocycles. The van der Waals surface area contributed by atoms with Gasteiger partial charge in [0.25, 0.3) is 0 Å². The fraction of sp³-hybridized carbons (Fsp3) is 0.385. The topological polar surface area (TPSA) is 37.8 Å². The average Bonchev–Trinajstić information content (AvgIpc) is 2.83. The van der Waals surface area contributed by atoms with Crippen molar-refractivity contribution in [2.24, 2.45) is 0 Å². The van der Waals surface area contributed by atoms with E-state index in [2.05, 4.69) is 46.0 Å². The van der Waals surface area contributed by atoms with Crippen LogP contribution in [0.3, 0.4) is 0 Å².